The zero-order valence-corrected chi connectivity index (χ0v) is 8.95. The normalized spacial score (nSPS) is 10.5. The van der Waals surface area contributed by atoms with Crippen molar-refractivity contribution in [2.75, 3.05) is 0 Å². The Morgan fingerprint density at radius 1 is 1.40 bits per heavy atom. The second-order valence-electron chi connectivity index (χ2n) is 2.95. The van der Waals surface area contributed by atoms with Crippen LogP contribution in [-0.4, -0.2) is 16.1 Å². The number of aromatic carboxylic acids is 1. The third-order valence-electron chi connectivity index (χ3n) is 2.00. The highest BCUT2D eigenvalue weighted by molar-refractivity contribution is 9.10. The minimum atomic E-state index is -1.17. The Balaban J connectivity index is 2.91. The van der Waals surface area contributed by atoms with Gasteiger partial charge in [0.05, 0.1) is 0 Å². The van der Waals surface area contributed by atoms with Gasteiger partial charge in [-0.05, 0) is 18.2 Å². The number of nitrogens with zero attached hydrogens (tertiary/aromatic N) is 1. The first-order chi connectivity index (χ1) is 7.09. The number of hydrogen-bond donors (Lipinski definition) is 1. The van der Waals surface area contributed by atoms with E-state index in [0.717, 1.165) is 6.07 Å². The fourth-order valence-corrected chi connectivity index (χ4v) is 1.94. The summed E-state index contributed by atoms with van der Waals surface area (Å²) in [6, 6.07) is 4.08. The van der Waals surface area contributed by atoms with Crippen molar-refractivity contribution in [2.24, 2.45) is 0 Å². The van der Waals surface area contributed by atoms with Crippen molar-refractivity contribution < 1.29 is 14.3 Å². The van der Waals surface area contributed by atoms with Crippen LogP contribution in [0.3, 0.4) is 0 Å². The summed E-state index contributed by atoms with van der Waals surface area (Å²) in [5.41, 5.74) is -0.146. The standard InChI is InChI=1S/C10H5BrFNO2/c11-8-4-5(12)3-7-6(8)1-2-13-9(7)10(14)15/h1-4H,(H,14,15). The number of hydrogen-bond acceptors (Lipinski definition) is 2. The fourth-order valence-electron chi connectivity index (χ4n) is 1.38. The van der Waals surface area contributed by atoms with E-state index in [1.54, 1.807) is 6.07 Å². The van der Waals surface area contributed by atoms with Crippen molar-refractivity contribution in [3.05, 3.63) is 40.4 Å². The summed E-state index contributed by atoms with van der Waals surface area (Å²) in [6.07, 6.45) is 1.38. The molecule has 0 unspecified atom stereocenters. The lowest BCUT2D eigenvalue weighted by Crippen LogP contribution is -2.01. The number of pyridine rings is 1. The number of carboxylic acids is 1. The van der Waals surface area contributed by atoms with E-state index in [4.69, 9.17) is 5.11 Å². The van der Waals surface area contributed by atoms with E-state index in [0.29, 0.717) is 9.86 Å². The highest BCUT2D eigenvalue weighted by Crippen LogP contribution is 2.26. The molecule has 1 N–H and O–H groups in total. The molecule has 0 saturated carbocycles. The molecule has 0 spiro atoms. The average Bonchev–Trinajstić information content (AvgIpc) is 2.16. The Labute approximate surface area is 92.7 Å². The van der Waals surface area contributed by atoms with Gasteiger partial charge in [0.1, 0.15) is 5.82 Å². The zero-order chi connectivity index (χ0) is 11.0. The summed E-state index contributed by atoms with van der Waals surface area (Å²) >= 11 is 3.17. The van der Waals surface area contributed by atoms with Gasteiger partial charge in [-0.25, -0.2) is 14.2 Å². The van der Waals surface area contributed by atoms with Gasteiger partial charge in [0.25, 0.3) is 0 Å². The molecule has 0 radical (unpaired) electrons. The Hall–Kier alpha value is -1.49. The van der Waals surface area contributed by atoms with E-state index in [1.165, 1.54) is 12.3 Å². The molecule has 0 bridgehead atoms. The van der Waals surface area contributed by atoms with Gasteiger partial charge in [0, 0.05) is 21.4 Å². The molecule has 1 heterocycles. The first-order valence-electron chi connectivity index (χ1n) is 4.06. The molecule has 3 nitrogen and oxygen atoms in total. The molecular formula is C10H5BrFNO2. The Bertz CT molecular complexity index is 556. The van der Waals surface area contributed by atoms with Crippen LogP contribution in [0.1, 0.15) is 10.5 Å². The largest absolute Gasteiger partial charge is 0.476 e. The van der Waals surface area contributed by atoms with Crippen LogP contribution in [0, 0.1) is 5.82 Å². The van der Waals surface area contributed by atoms with Crippen molar-refractivity contribution in [3.63, 3.8) is 0 Å². The van der Waals surface area contributed by atoms with E-state index in [2.05, 4.69) is 20.9 Å². The number of carbonyl (C=O) groups is 1. The van der Waals surface area contributed by atoms with Crippen LogP contribution >= 0.6 is 15.9 Å². The molecule has 2 rings (SSSR count). The van der Waals surface area contributed by atoms with Crippen molar-refractivity contribution in [3.8, 4) is 0 Å². The van der Waals surface area contributed by atoms with Gasteiger partial charge in [-0.15, -0.1) is 0 Å². The maximum Gasteiger partial charge on any atom is 0.355 e. The van der Waals surface area contributed by atoms with Gasteiger partial charge >= 0.3 is 5.97 Å². The predicted molar refractivity (Wildman–Crippen MR) is 56.4 cm³/mol. The van der Waals surface area contributed by atoms with Crippen molar-refractivity contribution in [1.29, 1.82) is 0 Å². The van der Waals surface area contributed by atoms with Crippen molar-refractivity contribution in [2.45, 2.75) is 0 Å². The number of rotatable bonds is 1. The Kier molecular flexibility index (Phi) is 2.40. The molecule has 0 aliphatic heterocycles. The molecule has 0 saturated heterocycles. The summed E-state index contributed by atoms with van der Waals surface area (Å²) in [5.74, 6) is -1.66. The van der Waals surface area contributed by atoms with Gasteiger partial charge in [-0.2, -0.15) is 0 Å². The van der Waals surface area contributed by atoms with Crippen LogP contribution in [-0.2, 0) is 0 Å². The minimum Gasteiger partial charge on any atom is -0.476 e. The monoisotopic (exact) mass is 269 g/mol. The molecule has 1 aromatic carbocycles. The molecule has 2 aromatic rings. The van der Waals surface area contributed by atoms with Crippen molar-refractivity contribution in [1.82, 2.24) is 4.98 Å². The van der Waals surface area contributed by atoms with E-state index >= 15 is 0 Å². The van der Waals surface area contributed by atoms with Crippen LogP contribution < -0.4 is 0 Å². The molecule has 0 aliphatic carbocycles. The number of halogens is 2. The smallest absolute Gasteiger partial charge is 0.355 e. The van der Waals surface area contributed by atoms with E-state index in [-0.39, 0.29) is 11.1 Å². The number of aromatic nitrogens is 1. The molecule has 0 aliphatic rings. The first-order valence-corrected chi connectivity index (χ1v) is 4.86. The van der Waals surface area contributed by atoms with Crippen LogP contribution in [0.15, 0.2) is 28.9 Å². The van der Waals surface area contributed by atoms with Gasteiger partial charge in [0.15, 0.2) is 5.69 Å². The Morgan fingerprint density at radius 2 is 2.13 bits per heavy atom. The van der Waals surface area contributed by atoms with E-state index < -0.39 is 11.8 Å². The van der Waals surface area contributed by atoms with Crippen LogP contribution in [0.5, 0.6) is 0 Å². The third-order valence-corrected chi connectivity index (χ3v) is 2.65. The molecule has 0 amide bonds. The molecule has 15 heavy (non-hydrogen) atoms. The first kappa shape index (κ1) is 10.0. The summed E-state index contributed by atoms with van der Waals surface area (Å²) in [5, 5.41) is 9.78. The van der Waals surface area contributed by atoms with Crippen LogP contribution in [0.4, 0.5) is 4.39 Å². The van der Waals surface area contributed by atoms with E-state index in [9.17, 15) is 9.18 Å². The summed E-state index contributed by atoms with van der Waals surface area (Å²) in [7, 11) is 0. The lowest BCUT2D eigenvalue weighted by Gasteiger charge is -2.03. The van der Waals surface area contributed by atoms with Crippen molar-refractivity contribution >= 4 is 32.7 Å². The highest BCUT2D eigenvalue weighted by atomic mass is 79.9. The molecular weight excluding hydrogens is 265 g/mol. The number of benzene rings is 1. The van der Waals surface area contributed by atoms with Gasteiger partial charge < -0.3 is 5.11 Å². The topological polar surface area (TPSA) is 50.2 Å². The second kappa shape index (κ2) is 3.58. The maximum atomic E-state index is 13.1. The van der Waals surface area contributed by atoms with Gasteiger partial charge in [-0.1, -0.05) is 15.9 Å². The molecule has 1 aromatic heterocycles. The lowest BCUT2D eigenvalue weighted by atomic mass is 10.1. The van der Waals surface area contributed by atoms with Crippen LogP contribution in [0.25, 0.3) is 10.8 Å². The lowest BCUT2D eigenvalue weighted by molar-refractivity contribution is 0.0693. The molecule has 0 fully saturated rings. The minimum absolute atomic E-state index is 0.146. The second-order valence-corrected chi connectivity index (χ2v) is 3.80. The van der Waals surface area contributed by atoms with E-state index in [1.807, 2.05) is 0 Å². The molecule has 76 valence electrons. The third kappa shape index (κ3) is 1.70. The fraction of sp³-hybridized carbons (Fsp3) is 0. The number of carboxylic acid groups (broad SMARTS) is 1. The van der Waals surface area contributed by atoms with Crippen LogP contribution in [0.2, 0.25) is 0 Å². The quantitative estimate of drug-likeness (QED) is 0.866. The zero-order valence-electron chi connectivity index (χ0n) is 7.37. The SMILES string of the molecule is O=C(O)c1nccc2c(Br)cc(F)cc12. The molecule has 5 heteroatoms. The maximum absolute atomic E-state index is 13.1. The summed E-state index contributed by atoms with van der Waals surface area (Å²) < 4.78 is 13.6. The molecule has 0 atom stereocenters. The van der Waals surface area contributed by atoms with Gasteiger partial charge in [-0.3, -0.25) is 0 Å². The Morgan fingerprint density at radius 3 is 2.80 bits per heavy atom. The summed E-state index contributed by atoms with van der Waals surface area (Å²) in [6.45, 7) is 0. The predicted octanol–water partition coefficient (Wildman–Crippen LogP) is 2.83. The highest BCUT2D eigenvalue weighted by Gasteiger charge is 2.12. The average molecular weight is 270 g/mol. The van der Waals surface area contributed by atoms with Gasteiger partial charge in [0.2, 0.25) is 0 Å². The number of fused-ring (bicyclic) bond motifs is 1. The summed E-state index contributed by atoms with van der Waals surface area (Å²) in [4.78, 5) is 14.5.